The number of hydrogen-bond acceptors (Lipinski definition) is 2. The van der Waals surface area contributed by atoms with Crippen molar-refractivity contribution in [3.05, 3.63) is 40.5 Å². The van der Waals surface area contributed by atoms with Crippen LogP contribution in [0.15, 0.2) is 24.3 Å². The number of pyridine rings is 1. The number of nitrogens with zero attached hydrogens (tertiary/aromatic N) is 1. The fourth-order valence-corrected chi connectivity index (χ4v) is 1.59. The molecule has 0 unspecified atom stereocenters. The molecule has 2 rings (SSSR count). The first-order chi connectivity index (χ1) is 7.09. The Balaban J connectivity index is 2.86. The summed E-state index contributed by atoms with van der Waals surface area (Å²) in [5.74, 6) is -0.993. The standard InChI is InChI=1S/C11H8ClNO2/c1-6-5-7-3-2-4-8(11(14)15)9(7)13-10(6)12/h2-5H,1H3,(H,14,15). The number of carboxylic acids is 1. The summed E-state index contributed by atoms with van der Waals surface area (Å²) in [5.41, 5.74) is 1.45. The van der Waals surface area contributed by atoms with Gasteiger partial charge in [-0.2, -0.15) is 0 Å². The minimum atomic E-state index is -0.993. The topological polar surface area (TPSA) is 50.2 Å². The summed E-state index contributed by atoms with van der Waals surface area (Å²) in [6, 6.07) is 6.86. The summed E-state index contributed by atoms with van der Waals surface area (Å²) in [6.07, 6.45) is 0. The molecular weight excluding hydrogens is 214 g/mol. The Labute approximate surface area is 91.3 Å². The molecule has 76 valence electrons. The average Bonchev–Trinajstić information content (AvgIpc) is 2.18. The molecule has 1 N–H and O–H groups in total. The highest BCUT2D eigenvalue weighted by atomic mass is 35.5. The first kappa shape index (κ1) is 9.93. The van der Waals surface area contributed by atoms with E-state index in [1.54, 1.807) is 6.07 Å². The van der Waals surface area contributed by atoms with Gasteiger partial charge in [-0.05, 0) is 24.6 Å². The molecule has 2 aromatic rings. The van der Waals surface area contributed by atoms with E-state index in [1.165, 1.54) is 6.07 Å². The number of fused-ring (bicyclic) bond motifs is 1. The molecule has 0 saturated heterocycles. The molecule has 4 heteroatoms. The van der Waals surface area contributed by atoms with Gasteiger partial charge in [0, 0.05) is 5.39 Å². The van der Waals surface area contributed by atoms with E-state index in [0.717, 1.165) is 10.9 Å². The molecular formula is C11H8ClNO2. The van der Waals surface area contributed by atoms with Gasteiger partial charge in [0.15, 0.2) is 0 Å². The minimum absolute atomic E-state index is 0.175. The van der Waals surface area contributed by atoms with Gasteiger partial charge >= 0.3 is 5.97 Å². The Morgan fingerprint density at radius 1 is 1.47 bits per heavy atom. The molecule has 0 bridgehead atoms. The molecule has 0 saturated carbocycles. The number of carboxylic acid groups (broad SMARTS) is 1. The lowest BCUT2D eigenvalue weighted by Gasteiger charge is -2.04. The van der Waals surface area contributed by atoms with Gasteiger partial charge in [-0.15, -0.1) is 0 Å². The number of aryl methyl sites for hydroxylation is 1. The zero-order chi connectivity index (χ0) is 11.0. The predicted molar refractivity (Wildman–Crippen MR) is 58.4 cm³/mol. The third-order valence-electron chi connectivity index (χ3n) is 2.21. The van der Waals surface area contributed by atoms with Crippen LogP contribution in [0.2, 0.25) is 5.15 Å². The van der Waals surface area contributed by atoms with E-state index >= 15 is 0 Å². The molecule has 0 fully saturated rings. The number of aromatic nitrogens is 1. The molecule has 0 aliphatic rings. The second-order valence-corrected chi connectivity index (χ2v) is 3.64. The lowest BCUT2D eigenvalue weighted by molar-refractivity contribution is 0.0699. The van der Waals surface area contributed by atoms with Crippen molar-refractivity contribution in [1.82, 2.24) is 4.98 Å². The van der Waals surface area contributed by atoms with E-state index in [-0.39, 0.29) is 5.56 Å². The smallest absolute Gasteiger partial charge is 0.337 e. The molecule has 3 nitrogen and oxygen atoms in total. The van der Waals surface area contributed by atoms with E-state index in [9.17, 15) is 4.79 Å². The molecule has 0 radical (unpaired) electrons. The Bertz CT molecular complexity index is 552. The van der Waals surface area contributed by atoms with Crippen molar-refractivity contribution in [3.63, 3.8) is 0 Å². The second kappa shape index (κ2) is 3.51. The van der Waals surface area contributed by atoms with Gasteiger partial charge in [0.25, 0.3) is 0 Å². The highest BCUT2D eigenvalue weighted by Crippen LogP contribution is 2.22. The van der Waals surface area contributed by atoms with E-state index in [1.807, 2.05) is 19.1 Å². The number of halogens is 1. The zero-order valence-electron chi connectivity index (χ0n) is 7.99. The van der Waals surface area contributed by atoms with Crippen molar-refractivity contribution >= 4 is 28.5 Å². The van der Waals surface area contributed by atoms with Crippen LogP contribution in [0.25, 0.3) is 10.9 Å². The second-order valence-electron chi connectivity index (χ2n) is 3.28. The summed E-state index contributed by atoms with van der Waals surface area (Å²) < 4.78 is 0. The van der Waals surface area contributed by atoms with E-state index in [0.29, 0.717) is 10.7 Å². The third-order valence-corrected chi connectivity index (χ3v) is 2.59. The lowest BCUT2D eigenvalue weighted by atomic mass is 10.1. The number of carbonyl (C=O) groups is 1. The van der Waals surface area contributed by atoms with Gasteiger partial charge in [-0.1, -0.05) is 23.7 Å². The fourth-order valence-electron chi connectivity index (χ4n) is 1.45. The molecule has 1 aromatic heterocycles. The van der Waals surface area contributed by atoms with E-state index < -0.39 is 5.97 Å². The van der Waals surface area contributed by atoms with Gasteiger partial charge in [0.2, 0.25) is 0 Å². The molecule has 0 spiro atoms. The van der Waals surface area contributed by atoms with Crippen molar-refractivity contribution in [2.75, 3.05) is 0 Å². The SMILES string of the molecule is Cc1cc2cccc(C(=O)O)c2nc1Cl. The summed E-state index contributed by atoms with van der Waals surface area (Å²) in [7, 11) is 0. The molecule has 1 heterocycles. The minimum Gasteiger partial charge on any atom is -0.478 e. The van der Waals surface area contributed by atoms with Crippen molar-refractivity contribution in [2.24, 2.45) is 0 Å². The maximum atomic E-state index is 10.9. The van der Waals surface area contributed by atoms with Crippen LogP contribution in [0.5, 0.6) is 0 Å². The zero-order valence-corrected chi connectivity index (χ0v) is 8.75. The van der Waals surface area contributed by atoms with Gasteiger partial charge in [0.1, 0.15) is 5.15 Å². The average molecular weight is 222 g/mol. The maximum absolute atomic E-state index is 10.9. The summed E-state index contributed by atoms with van der Waals surface area (Å²) in [5, 5.41) is 10.1. The lowest BCUT2D eigenvalue weighted by Crippen LogP contribution is -1.99. The van der Waals surface area contributed by atoms with Crippen LogP contribution in [-0.4, -0.2) is 16.1 Å². The maximum Gasteiger partial charge on any atom is 0.337 e. The number of aromatic carboxylic acids is 1. The fraction of sp³-hybridized carbons (Fsp3) is 0.0909. The van der Waals surface area contributed by atoms with Crippen LogP contribution in [-0.2, 0) is 0 Å². The van der Waals surface area contributed by atoms with Crippen molar-refractivity contribution in [2.45, 2.75) is 6.92 Å². The van der Waals surface area contributed by atoms with Crippen LogP contribution in [0, 0.1) is 6.92 Å². The number of benzene rings is 1. The van der Waals surface area contributed by atoms with Crippen LogP contribution in [0.4, 0.5) is 0 Å². The highest BCUT2D eigenvalue weighted by molar-refractivity contribution is 6.30. The molecule has 1 aromatic carbocycles. The predicted octanol–water partition coefficient (Wildman–Crippen LogP) is 2.89. The Hall–Kier alpha value is -1.61. The highest BCUT2D eigenvalue weighted by Gasteiger charge is 2.10. The first-order valence-corrected chi connectivity index (χ1v) is 4.76. The molecule has 0 atom stereocenters. The third kappa shape index (κ3) is 1.66. The van der Waals surface area contributed by atoms with E-state index in [2.05, 4.69) is 4.98 Å². The quantitative estimate of drug-likeness (QED) is 0.754. The van der Waals surface area contributed by atoms with Crippen molar-refractivity contribution < 1.29 is 9.90 Å². The summed E-state index contributed by atoms with van der Waals surface area (Å²) >= 11 is 5.86. The normalized spacial score (nSPS) is 10.5. The van der Waals surface area contributed by atoms with Gasteiger partial charge in [-0.25, -0.2) is 9.78 Å². The van der Waals surface area contributed by atoms with Crippen LogP contribution >= 0.6 is 11.6 Å². The van der Waals surface area contributed by atoms with Gasteiger partial charge < -0.3 is 5.11 Å². The van der Waals surface area contributed by atoms with Gasteiger partial charge in [-0.3, -0.25) is 0 Å². The first-order valence-electron chi connectivity index (χ1n) is 4.39. The van der Waals surface area contributed by atoms with E-state index in [4.69, 9.17) is 16.7 Å². The van der Waals surface area contributed by atoms with Crippen molar-refractivity contribution in [1.29, 1.82) is 0 Å². The largest absolute Gasteiger partial charge is 0.478 e. The van der Waals surface area contributed by atoms with Gasteiger partial charge in [0.05, 0.1) is 11.1 Å². The van der Waals surface area contributed by atoms with Crippen LogP contribution in [0.1, 0.15) is 15.9 Å². The molecule has 0 amide bonds. The molecule has 0 aliphatic heterocycles. The monoisotopic (exact) mass is 221 g/mol. The number of rotatable bonds is 1. The summed E-state index contributed by atoms with van der Waals surface area (Å²) in [6.45, 7) is 1.84. The van der Waals surface area contributed by atoms with Crippen LogP contribution in [0.3, 0.4) is 0 Å². The van der Waals surface area contributed by atoms with Crippen LogP contribution < -0.4 is 0 Å². The molecule has 15 heavy (non-hydrogen) atoms. The Morgan fingerprint density at radius 2 is 2.20 bits per heavy atom. The summed E-state index contributed by atoms with van der Waals surface area (Å²) in [4.78, 5) is 15.0. The Morgan fingerprint density at radius 3 is 2.87 bits per heavy atom. The number of para-hydroxylation sites is 1. The van der Waals surface area contributed by atoms with Crippen molar-refractivity contribution in [3.8, 4) is 0 Å². The number of hydrogen-bond donors (Lipinski definition) is 1. The Kier molecular flexibility index (Phi) is 2.32. The molecule has 0 aliphatic carbocycles.